The predicted octanol–water partition coefficient (Wildman–Crippen LogP) is 4.97. The smallest absolute Gasteiger partial charge is 0.295 e. The Morgan fingerprint density at radius 1 is 1.11 bits per heavy atom. The van der Waals surface area contributed by atoms with Crippen molar-refractivity contribution in [2.24, 2.45) is 5.92 Å². The van der Waals surface area contributed by atoms with Crippen molar-refractivity contribution in [2.75, 3.05) is 33.8 Å². The number of aryl methyl sites for hydroxylation is 2. The van der Waals surface area contributed by atoms with Gasteiger partial charge in [0.2, 0.25) is 0 Å². The van der Waals surface area contributed by atoms with Crippen LogP contribution < -0.4 is 4.74 Å². The average molecular weight is 479 g/mol. The molecule has 1 atom stereocenters. The molecule has 1 aliphatic heterocycles. The standard InChI is InChI=1S/C29H38N2O4/c1-7-21-9-11-22(12-10-21)26-25(28(33)29(34)31(26)16-8-15-30(5)6)27(32)24-14-13-23(17-20(24)4)35-18-19(2)3/h9-14,17,19,26,32H,7-8,15-16,18H2,1-6H3/b27-25+/t26-/m0/s1. The summed E-state index contributed by atoms with van der Waals surface area (Å²) in [6, 6.07) is 12.7. The molecule has 1 heterocycles. The minimum absolute atomic E-state index is 0.142. The van der Waals surface area contributed by atoms with Crippen LogP contribution in [0.4, 0.5) is 0 Å². The van der Waals surface area contributed by atoms with E-state index in [0.29, 0.717) is 30.4 Å². The summed E-state index contributed by atoms with van der Waals surface area (Å²) >= 11 is 0. The van der Waals surface area contributed by atoms with Gasteiger partial charge in [-0.05, 0) is 81.2 Å². The fourth-order valence-electron chi connectivity index (χ4n) is 4.35. The summed E-state index contributed by atoms with van der Waals surface area (Å²) in [5.74, 6) is -0.244. The van der Waals surface area contributed by atoms with Gasteiger partial charge in [0.15, 0.2) is 0 Å². The monoisotopic (exact) mass is 478 g/mol. The quantitative estimate of drug-likeness (QED) is 0.297. The van der Waals surface area contributed by atoms with Crippen molar-refractivity contribution >= 4 is 17.4 Å². The van der Waals surface area contributed by atoms with Crippen molar-refractivity contribution < 1.29 is 19.4 Å². The van der Waals surface area contributed by atoms with E-state index < -0.39 is 17.7 Å². The fraction of sp³-hybridized carbons (Fsp3) is 0.448. The van der Waals surface area contributed by atoms with Gasteiger partial charge in [-0.3, -0.25) is 9.59 Å². The van der Waals surface area contributed by atoms with Gasteiger partial charge in [-0.1, -0.05) is 45.0 Å². The maximum atomic E-state index is 13.2. The van der Waals surface area contributed by atoms with Gasteiger partial charge < -0.3 is 19.6 Å². The first-order valence-electron chi connectivity index (χ1n) is 12.4. The first kappa shape index (κ1) is 26.5. The molecule has 0 bridgehead atoms. The third-order valence-electron chi connectivity index (χ3n) is 6.28. The van der Waals surface area contributed by atoms with E-state index in [4.69, 9.17) is 4.74 Å². The van der Waals surface area contributed by atoms with Crippen LogP contribution in [0, 0.1) is 12.8 Å². The van der Waals surface area contributed by atoms with Crippen molar-refractivity contribution in [1.82, 2.24) is 9.80 Å². The molecule has 3 rings (SSSR count). The maximum Gasteiger partial charge on any atom is 0.295 e. The fourth-order valence-corrected chi connectivity index (χ4v) is 4.35. The minimum Gasteiger partial charge on any atom is -0.507 e. The van der Waals surface area contributed by atoms with Crippen LogP contribution in [0.25, 0.3) is 5.76 Å². The Hall–Kier alpha value is -3.12. The summed E-state index contributed by atoms with van der Waals surface area (Å²) in [6.07, 6.45) is 1.62. The van der Waals surface area contributed by atoms with E-state index in [0.717, 1.165) is 30.5 Å². The van der Waals surface area contributed by atoms with Crippen molar-refractivity contribution in [3.05, 3.63) is 70.3 Å². The molecule has 0 spiro atoms. The number of aliphatic hydroxyl groups is 1. The second kappa shape index (κ2) is 11.5. The van der Waals surface area contributed by atoms with E-state index >= 15 is 0 Å². The van der Waals surface area contributed by atoms with E-state index in [9.17, 15) is 14.7 Å². The van der Waals surface area contributed by atoms with Crippen LogP contribution >= 0.6 is 0 Å². The summed E-state index contributed by atoms with van der Waals surface area (Å²) in [5, 5.41) is 11.4. The number of hydrogen-bond donors (Lipinski definition) is 1. The topological polar surface area (TPSA) is 70.1 Å². The summed E-state index contributed by atoms with van der Waals surface area (Å²) < 4.78 is 5.81. The number of amides is 1. The molecular formula is C29H38N2O4. The zero-order valence-corrected chi connectivity index (χ0v) is 21.8. The number of likely N-dealkylation sites (tertiary alicyclic amines) is 1. The Morgan fingerprint density at radius 3 is 2.37 bits per heavy atom. The molecule has 6 heteroatoms. The Bertz CT molecular complexity index is 1090. The number of ketones is 1. The molecular weight excluding hydrogens is 440 g/mol. The molecule has 6 nitrogen and oxygen atoms in total. The number of Topliss-reactive ketones (excluding diaryl/α,β-unsaturated/α-hetero) is 1. The molecule has 1 saturated heterocycles. The van der Waals surface area contributed by atoms with Gasteiger partial charge in [0.05, 0.1) is 18.2 Å². The number of aliphatic hydroxyl groups excluding tert-OH is 1. The van der Waals surface area contributed by atoms with Crippen LogP contribution in [0.2, 0.25) is 0 Å². The lowest BCUT2D eigenvalue weighted by molar-refractivity contribution is -0.139. The van der Waals surface area contributed by atoms with E-state index in [1.165, 1.54) is 5.56 Å². The summed E-state index contributed by atoms with van der Waals surface area (Å²) in [5.41, 5.74) is 3.45. The molecule has 188 valence electrons. The number of benzene rings is 2. The molecule has 1 aliphatic rings. The van der Waals surface area contributed by atoms with Gasteiger partial charge >= 0.3 is 0 Å². The van der Waals surface area contributed by atoms with Crippen molar-refractivity contribution in [3.63, 3.8) is 0 Å². The third kappa shape index (κ3) is 6.12. The summed E-state index contributed by atoms with van der Waals surface area (Å²) in [7, 11) is 3.96. The molecule has 35 heavy (non-hydrogen) atoms. The largest absolute Gasteiger partial charge is 0.507 e. The number of ether oxygens (including phenoxy) is 1. The number of rotatable bonds is 10. The molecule has 1 fully saturated rings. The van der Waals surface area contributed by atoms with E-state index in [1.807, 2.05) is 56.3 Å². The molecule has 1 amide bonds. The van der Waals surface area contributed by atoms with Gasteiger partial charge in [0, 0.05) is 12.1 Å². The lowest BCUT2D eigenvalue weighted by Crippen LogP contribution is -2.32. The van der Waals surface area contributed by atoms with E-state index in [2.05, 4.69) is 20.8 Å². The number of hydrogen-bond acceptors (Lipinski definition) is 5. The van der Waals surface area contributed by atoms with Gasteiger partial charge in [-0.25, -0.2) is 0 Å². The zero-order valence-electron chi connectivity index (χ0n) is 21.8. The van der Waals surface area contributed by atoms with Crippen LogP contribution in [0.3, 0.4) is 0 Å². The van der Waals surface area contributed by atoms with Crippen molar-refractivity contribution in [2.45, 2.75) is 46.6 Å². The van der Waals surface area contributed by atoms with Crippen molar-refractivity contribution in [3.8, 4) is 5.75 Å². The highest BCUT2D eigenvalue weighted by atomic mass is 16.5. The first-order chi connectivity index (χ1) is 16.6. The van der Waals surface area contributed by atoms with Gasteiger partial charge in [0.1, 0.15) is 11.5 Å². The SMILES string of the molecule is CCc1ccc([C@H]2/C(=C(\O)c3ccc(OCC(C)C)cc3C)C(=O)C(=O)N2CCCN(C)C)cc1. The second-order valence-electron chi connectivity index (χ2n) is 9.93. The Kier molecular flexibility index (Phi) is 8.73. The number of carbonyl (C=O) groups is 2. The number of nitrogens with zero attached hydrogens (tertiary/aromatic N) is 2. The van der Waals surface area contributed by atoms with Crippen LogP contribution in [-0.4, -0.2) is 60.4 Å². The van der Waals surface area contributed by atoms with Crippen LogP contribution in [0.15, 0.2) is 48.0 Å². The van der Waals surface area contributed by atoms with Gasteiger partial charge in [-0.2, -0.15) is 0 Å². The highest BCUT2D eigenvalue weighted by Crippen LogP contribution is 2.40. The van der Waals surface area contributed by atoms with Crippen molar-refractivity contribution in [1.29, 1.82) is 0 Å². The van der Waals surface area contributed by atoms with E-state index in [1.54, 1.807) is 17.0 Å². The zero-order chi connectivity index (χ0) is 25.7. The normalized spacial score (nSPS) is 17.6. The summed E-state index contributed by atoms with van der Waals surface area (Å²) in [6.45, 7) is 9.93. The van der Waals surface area contributed by atoms with Crippen LogP contribution in [0.5, 0.6) is 5.75 Å². The third-order valence-corrected chi connectivity index (χ3v) is 6.28. The highest BCUT2D eigenvalue weighted by Gasteiger charge is 2.45. The van der Waals surface area contributed by atoms with Gasteiger partial charge in [0.25, 0.3) is 11.7 Å². The molecule has 2 aromatic rings. The Balaban J connectivity index is 2.05. The average Bonchev–Trinajstić information content (AvgIpc) is 3.07. The predicted molar refractivity (Wildman–Crippen MR) is 140 cm³/mol. The summed E-state index contributed by atoms with van der Waals surface area (Å²) in [4.78, 5) is 30.0. The Morgan fingerprint density at radius 2 is 1.80 bits per heavy atom. The molecule has 0 saturated carbocycles. The molecule has 0 aliphatic carbocycles. The first-order valence-corrected chi connectivity index (χ1v) is 12.4. The minimum atomic E-state index is -0.642. The van der Waals surface area contributed by atoms with Gasteiger partial charge in [-0.15, -0.1) is 0 Å². The molecule has 0 aromatic heterocycles. The molecule has 1 N–H and O–H groups in total. The van der Waals surface area contributed by atoms with E-state index in [-0.39, 0.29) is 11.3 Å². The lowest BCUT2D eigenvalue weighted by atomic mass is 9.93. The van der Waals surface area contributed by atoms with Crippen LogP contribution in [-0.2, 0) is 16.0 Å². The van der Waals surface area contributed by atoms with Crippen LogP contribution in [0.1, 0.15) is 55.5 Å². The lowest BCUT2D eigenvalue weighted by Gasteiger charge is -2.26. The second-order valence-corrected chi connectivity index (χ2v) is 9.93. The molecule has 0 unspecified atom stereocenters. The molecule has 2 aromatic carbocycles. The maximum absolute atomic E-state index is 13.2. The highest BCUT2D eigenvalue weighted by molar-refractivity contribution is 6.46. The molecule has 0 radical (unpaired) electrons. The number of carbonyl (C=O) groups excluding carboxylic acids is 2. The Labute approximate surface area is 209 Å².